The largest absolute Gasteiger partial charge is 0.336 e. The summed E-state index contributed by atoms with van der Waals surface area (Å²) < 4.78 is 0. The summed E-state index contributed by atoms with van der Waals surface area (Å²) in [5, 5.41) is 14.9. The number of nitrogens with zero attached hydrogens (tertiary/aromatic N) is 2. The average molecular weight is 404 g/mol. The van der Waals surface area contributed by atoms with E-state index >= 15 is 0 Å². The van der Waals surface area contributed by atoms with Crippen LogP contribution in [0, 0.1) is 17.2 Å². The number of benzene rings is 2. The molecule has 1 atom stereocenters. The number of hydrogen-bond acceptors (Lipinski definition) is 4. The van der Waals surface area contributed by atoms with E-state index in [1.54, 1.807) is 55.5 Å². The molecule has 2 N–H and O–H groups in total. The monoisotopic (exact) mass is 404 g/mol. The highest BCUT2D eigenvalue weighted by atomic mass is 16.2. The van der Waals surface area contributed by atoms with Crippen LogP contribution >= 0.6 is 0 Å². The van der Waals surface area contributed by atoms with E-state index in [1.807, 2.05) is 26.0 Å². The van der Waals surface area contributed by atoms with Crippen LogP contribution < -0.4 is 10.6 Å². The predicted octanol–water partition coefficient (Wildman–Crippen LogP) is 2.54. The molecule has 0 aliphatic carbocycles. The molecule has 0 bridgehead atoms. The van der Waals surface area contributed by atoms with E-state index in [1.165, 1.54) is 0 Å². The zero-order valence-electron chi connectivity index (χ0n) is 17.2. The van der Waals surface area contributed by atoms with Crippen molar-refractivity contribution >= 4 is 17.8 Å². The van der Waals surface area contributed by atoms with Crippen molar-refractivity contribution in [1.82, 2.24) is 15.5 Å². The minimum Gasteiger partial charge on any atom is -0.336 e. The normalized spacial score (nSPS) is 17.2. The zero-order valence-corrected chi connectivity index (χ0v) is 17.2. The van der Waals surface area contributed by atoms with Gasteiger partial charge in [0, 0.05) is 0 Å². The van der Waals surface area contributed by atoms with Crippen molar-refractivity contribution < 1.29 is 14.4 Å². The second-order valence-electron chi connectivity index (χ2n) is 7.82. The van der Waals surface area contributed by atoms with Gasteiger partial charge in [-0.3, -0.25) is 14.5 Å². The summed E-state index contributed by atoms with van der Waals surface area (Å²) in [5.41, 5.74) is -1.33. The molecule has 2 aromatic carbocycles. The van der Waals surface area contributed by atoms with Gasteiger partial charge in [0.15, 0.2) is 5.54 Å². The first-order valence-electron chi connectivity index (χ1n) is 9.72. The second-order valence-corrected chi connectivity index (χ2v) is 7.82. The molecule has 1 aliphatic rings. The van der Waals surface area contributed by atoms with Gasteiger partial charge < -0.3 is 10.6 Å². The van der Waals surface area contributed by atoms with Gasteiger partial charge in [-0.15, -0.1) is 0 Å². The van der Waals surface area contributed by atoms with Gasteiger partial charge in [0.1, 0.15) is 12.1 Å². The summed E-state index contributed by atoms with van der Waals surface area (Å²) in [6.45, 7) is 4.76. The maximum Gasteiger partial charge on any atom is 0.326 e. The van der Waals surface area contributed by atoms with Gasteiger partial charge in [-0.2, -0.15) is 5.26 Å². The molecule has 0 aromatic heterocycles. The molecule has 7 heteroatoms. The van der Waals surface area contributed by atoms with Crippen LogP contribution in [-0.2, 0) is 15.1 Å². The molecule has 0 spiro atoms. The number of rotatable bonds is 6. The molecule has 1 saturated heterocycles. The van der Waals surface area contributed by atoms with Crippen molar-refractivity contribution in [3.8, 4) is 6.07 Å². The number of carbonyl (C=O) groups is 3. The van der Waals surface area contributed by atoms with E-state index in [0.717, 1.165) is 4.90 Å². The Morgan fingerprint density at radius 2 is 1.60 bits per heavy atom. The van der Waals surface area contributed by atoms with Crippen molar-refractivity contribution in [2.75, 3.05) is 6.54 Å². The van der Waals surface area contributed by atoms with Crippen molar-refractivity contribution in [3.05, 3.63) is 71.8 Å². The molecule has 7 nitrogen and oxygen atoms in total. The van der Waals surface area contributed by atoms with Gasteiger partial charge in [0.2, 0.25) is 5.91 Å². The standard InChI is InChI=1S/C23H24N4O3/c1-16(2)22(3,15-24)25-19(28)14-27-20(29)23(26-21(27)30,17-10-6-4-7-11-17)18-12-8-5-9-13-18/h4-13,16H,14H2,1-3H3,(H,25,28)(H,26,30). The minimum atomic E-state index is -1.42. The first-order chi connectivity index (χ1) is 14.2. The molecule has 1 unspecified atom stereocenters. The molecular weight excluding hydrogens is 380 g/mol. The fourth-order valence-electron chi connectivity index (χ4n) is 3.43. The highest BCUT2D eigenvalue weighted by Gasteiger charge is 2.54. The summed E-state index contributed by atoms with van der Waals surface area (Å²) in [4.78, 5) is 39.9. The van der Waals surface area contributed by atoms with E-state index in [0.29, 0.717) is 11.1 Å². The Labute approximate surface area is 175 Å². The number of urea groups is 1. The highest BCUT2D eigenvalue weighted by molar-refractivity contribution is 6.11. The van der Waals surface area contributed by atoms with Gasteiger partial charge in [-0.1, -0.05) is 74.5 Å². The molecule has 0 saturated carbocycles. The van der Waals surface area contributed by atoms with E-state index in [2.05, 4.69) is 16.7 Å². The molecule has 4 amide bonds. The molecule has 3 rings (SSSR count). The van der Waals surface area contributed by atoms with Crippen LogP contribution in [0.15, 0.2) is 60.7 Å². The topological polar surface area (TPSA) is 102 Å². The van der Waals surface area contributed by atoms with E-state index in [-0.39, 0.29) is 5.92 Å². The van der Waals surface area contributed by atoms with Crippen LogP contribution in [0.5, 0.6) is 0 Å². The summed E-state index contributed by atoms with van der Waals surface area (Å²) in [6, 6.07) is 19.3. The lowest BCUT2D eigenvalue weighted by Crippen LogP contribution is -2.53. The van der Waals surface area contributed by atoms with Crippen LogP contribution in [0.2, 0.25) is 0 Å². The maximum absolute atomic E-state index is 13.5. The third kappa shape index (κ3) is 3.52. The Hall–Kier alpha value is -3.66. The summed E-state index contributed by atoms with van der Waals surface area (Å²) in [6.07, 6.45) is 0. The van der Waals surface area contributed by atoms with Crippen LogP contribution in [-0.4, -0.2) is 34.8 Å². The number of hydrogen-bond donors (Lipinski definition) is 2. The smallest absolute Gasteiger partial charge is 0.326 e. The van der Waals surface area contributed by atoms with Crippen molar-refractivity contribution in [2.24, 2.45) is 5.92 Å². The lowest BCUT2D eigenvalue weighted by Gasteiger charge is -2.29. The lowest BCUT2D eigenvalue weighted by atomic mass is 9.82. The lowest BCUT2D eigenvalue weighted by molar-refractivity contribution is -0.134. The quantitative estimate of drug-likeness (QED) is 0.722. The van der Waals surface area contributed by atoms with Crippen LogP contribution in [0.3, 0.4) is 0 Å². The number of amides is 4. The molecule has 1 fully saturated rings. The summed E-state index contributed by atoms with van der Waals surface area (Å²) in [7, 11) is 0. The fraction of sp³-hybridized carbons (Fsp3) is 0.304. The number of carbonyl (C=O) groups excluding carboxylic acids is 3. The first kappa shape index (κ1) is 21.1. The Morgan fingerprint density at radius 1 is 1.10 bits per heavy atom. The number of nitrogens with one attached hydrogen (secondary N) is 2. The van der Waals surface area contributed by atoms with E-state index in [4.69, 9.17) is 0 Å². The molecule has 30 heavy (non-hydrogen) atoms. The van der Waals surface area contributed by atoms with Gasteiger partial charge in [0.25, 0.3) is 5.91 Å². The predicted molar refractivity (Wildman–Crippen MR) is 111 cm³/mol. The van der Waals surface area contributed by atoms with Crippen molar-refractivity contribution in [1.29, 1.82) is 5.26 Å². The van der Waals surface area contributed by atoms with Gasteiger partial charge in [-0.25, -0.2) is 4.79 Å². The summed E-state index contributed by atoms with van der Waals surface area (Å²) in [5.74, 6) is -1.27. The Balaban J connectivity index is 1.95. The summed E-state index contributed by atoms with van der Waals surface area (Å²) >= 11 is 0. The third-order valence-electron chi connectivity index (χ3n) is 5.61. The van der Waals surface area contributed by atoms with Crippen LogP contribution in [0.4, 0.5) is 4.79 Å². The Bertz CT molecular complexity index is 959. The van der Waals surface area contributed by atoms with Gasteiger partial charge >= 0.3 is 6.03 Å². The minimum absolute atomic E-state index is 0.151. The van der Waals surface area contributed by atoms with Crippen molar-refractivity contribution in [2.45, 2.75) is 31.8 Å². The van der Waals surface area contributed by atoms with Crippen LogP contribution in [0.1, 0.15) is 31.9 Å². The molecule has 0 radical (unpaired) electrons. The highest BCUT2D eigenvalue weighted by Crippen LogP contribution is 2.35. The zero-order chi connectivity index (χ0) is 21.9. The molecule has 1 aliphatic heterocycles. The third-order valence-corrected chi connectivity index (χ3v) is 5.61. The SMILES string of the molecule is CC(C)C(C)(C#N)NC(=O)CN1C(=O)NC(c2ccccc2)(c2ccccc2)C1=O. The van der Waals surface area contributed by atoms with Gasteiger partial charge in [0.05, 0.1) is 6.07 Å². The first-order valence-corrected chi connectivity index (χ1v) is 9.72. The second kappa shape index (κ2) is 7.99. The van der Waals surface area contributed by atoms with E-state index < -0.39 is 35.5 Å². The molecule has 2 aromatic rings. The van der Waals surface area contributed by atoms with Crippen molar-refractivity contribution in [3.63, 3.8) is 0 Å². The van der Waals surface area contributed by atoms with Gasteiger partial charge in [-0.05, 0) is 24.0 Å². The van der Waals surface area contributed by atoms with Crippen LogP contribution in [0.25, 0.3) is 0 Å². The molecule has 154 valence electrons. The number of imide groups is 1. The Morgan fingerprint density at radius 3 is 2.03 bits per heavy atom. The molecular formula is C23H24N4O3. The molecule has 1 heterocycles. The average Bonchev–Trinajstić information content (AvgIpc) is 3.00. The number of nitriles is 1. The fourth-order valence-corrected chi connectivity index (χ4v) is 3.43. The maximum atomic E-state index is 13.5. The Kier molecular flexibility index (Phi) is 5.61. The van der Waals surface area contributed by atoms with E-state index in [9.17, 15) is 19.6 Å².